The van der Waals surface area contributed by atoms with Crippen molar-refractivity contribution in [2.45, 2.75) is 45.4 Å². The fourth-order valence-corrected chi connectivity index (χ4v) is 3.36. The van der Waals surface area contributed by atoms with Gasteiger partial charge in [-0.25, -0.2) is 9.78 Å². The van der Waals surface area contributed by atoms with Crippen molar-refractivity contribution in [3.05, 3.63) is 120 Å². The summed E-state index contributed by atoms with van der Waals surface area (Å²) in [5.74, 6) is 16.6. The van der Waals surface area contributed by atoms with E-state index in [1.54, 1.807) is 43.4 Å². The Labute approximate surface area is 306 Å². The number of carboxylic acids is 1. The van der Waals surface area contributed by atoms with E-state index in [0.717, 1.165) is 34.6 Å². The van der Waals surface area contributed by atoms with Crippen LogP contribution in [0.3, 0.4) is 0 Å². The summed E-state index contributed by atoms with van der Waals surface area (Å²) in [6.45, 7) is 2.64. The maximum Gasteiger partial charge on any atom is 0.382 e. The molecule has 1 N–H and O–H groups in total. The van der Waals surface area contributed by atoms with E-state index in [9.17, 15) is 4.79 Å². The number of methoxy groups -OCH3 is 2. The molecule has 0 unspecified atom stereocenters. The predicted octanol–water partition coefficient (Wildman–Crippen LogP) is 8.11. The molecular weight excluding hydrogens is 633 g/mol. The van der Waals surface area contributed by atoms with E-state index in [-0.39, 0.29) is 0 Å². The maximum absolute atomic E-state index is 10.00. The molecule has 0 aliphatic rings. The Balaban J connectivity index is 0. The first-order valence-corrected chi connectivity index (χ1v) is 16.0. The van der Waals surface area contributed by atoms with Crippen molar-refractivity contribution in [3.63, 3.8) is 0 Å². The molecule has 4 aromatic rings. The van der Waals surface area contributed by atoms with E-state index >= 15 is 0 Å². The molecule has 0 atom stereocenters. The lowest BCUT2D eigenvalue weighted by atomic mass is 10.1. The first kappa shape index (κ1) is 46.6. The van der Waals surface area contributed by atoms with Crippen LogP contribution in [-0.4, -0.2) is 41.5 Å². The molecule has 51 heavy (non-hydrogen) atoms. The molecule has 4 rings (SSSR count). The van der Waals surface area contributed by atoms with Crippen molar-refractivity contribution in [1.82, 2.24) is 9.55 Å². The number of imidazole rings is 1. The van der Waals surface area contributed by atoms with Gasteiger partial charge in [-0.2, -0.15) is 0 Å². The lowest BCUT2D eigenvalue weighted by Gasteiger charge is -1.99. The zero-order chi connectivity index (χ0) is 38.4. The summed E-state index contributed by atoms with van der Waals surface area (Å²) >= 11 is 0. The van der Waals surface area contributed by atoms with E-state index in [1.807, 2.05) is 85.8 Å². The number of carboxylic acid groups (broad SMARTS) is 1. The molecule has 6 nitrogen and oxygen atoms in total. The normalized spacial score (nSPS) is 8.14. The second-order valence-electron chi connectivity index (χ2n) is 9.82. The number of hydrogen-bond donors (Lipinski definition) is 1. The SMILES string of the molecule is C#CCCCCCCC.C#CCOC.C#Cc1ccccc1.C#Cc1ccccc1OC.C#Cc1cncn1C.O=C(O)C#Cc1ccccc1. The minimum Gasteiger partial charge on any atom is -0.495 e. The molecule has 0 saturated heterocycles. The van der Waals surface area contributed by atoms with Crippen LogP contribution in [0.2, 0.25) is 0 Å². The Morgan fingerprint density at radius 1 is 0.765 bits per heavy atom. The molecular formula is C45H48N2O4. The molecule has 0 amide bonds. The van der Waals surface area contributed by atoms with Crippen molar-refractivity contribution in [2.24, 2.45) is 7.05 Å². The fourth-order valence-electron chi connectivity index (χ4n) is 3.36. The van der Waals surface area contributed by atoms with Gasteiger partial charge < -0.3 is 19.1 Å². The highest BCUT2D eigenvalue weighted by atomic mass is 16.5. The molecule has 262 valence electrons. The van der Waals surface area contributed by atoms with Crippen LogP contribution in [0.15, 0.2) is 97.5 Å². The van der Waals surface area contributed by atoms with Gasteiger partial charge in [-0.05, 0) is 42.8 Å². The summed E-state index contributed by atoms with van der Waals surface area (Å²) in [6, 6.07) is 26.1. The molecule has 1 heterocycles. The second-order valence-corrected chi connectivity index (χ2v) is 9.82. The van der Waals surface area contributed by atoms with Crippen molar-refractivity contribution in [2.75, 3.05) is 20.8 Å². The first-order valence-electron chi connectivity index (χ1n) is 16.0. The fraction of sp³-hybridized carbons (Fsp3) is 0.244. The van der Waals surface area contributed by atoms with Crippen LogP contribution in [0.1, 0.15) is 67.8 Å². The van der Waals surface area contributed by atoms with Crippen LogP contribution in [0.5, 0.6) is 5.75 Å². The van der Waals surface area contributed by atoms with E-state index < -0.39 is 5.97 Å². The third-order valence-electron chi connectivity index (χ3n) is 5.91. The number of ether oxygens (including phenoxy) is 2. The number of unbranched alkanes of at least 4 members (excludes halogenated alkanes) is 5. The third-order valence-corrected chi connectivity index (χ3v) is 5.91. The van der Waals surface area contributed by atoms with Gasteiger partial charge in [0.1, 0.15) is 18.1 Å². The van der Waals surface area contributed by atoms with E-state index in [1.165, 1.54) is 32.1 Å². The second kappa shape index (κ2) is 34.8. The number of benzene rings is 3. The Morgan fingerprint density at radius 3 is 1.73 bits per heavy atom. The van der Waals surface area contributed by atoms with Crippen LogP contribution in [0.4, 0.5) is 0 Å². The van der Waals surface area contributed by atoms with E-state index in [4.69, 9.17) is 42.0 Å². The van der Waals surface area contributed by atoms with Crippen LogP contribution in [-0.2, 0) is 16.6 Å². The van der Waals surface area contributed by atoms with Gasteiger partial charge >= 0.3 is 5.97 Å². The van der Waals surface area contributed by atoms with Gasteiger partial charge in [0, 0.05) is 37.6 Å². The quantitative estimate of drug-likeness (QED) is 0.158. The zero-order valence-corrected chi connectivity index (χ0v) is 30.1. The Morgan fingerprint density at radius 2 is 1.35 bits per heavy atom. The highest BCUT2D eigenvalue weighted by Crippen LogP contribution is 2.14. The predicted molar refractivity (Wildman–Crippen MR) is 210 cm³/mol. The highest BCUT2D eigenvalue weighted by Gasteiger charge is 1.94. The third kappa shape index (κ3) is 28.2. The number of hydrogen-bond acceptors (Lipinski definition) is 4. The number of rotatable bonds is 7. The molecule has 0 aliphatic carbocycles. The monoisotopic (exact) mass is 680 g/mol. The lowest BCUT2D eigenvalue weighted by Crippen LogP contribution is -1.86. The molecule has 0 fully saturated rings. The van der Waals surface area contributed by atoms with Crippen LogP contribution in [0.25, 0.3) is 0 Å². The Hall–Kier alpha value is -6.54. The van der Waals surface area contributed by atoms with Gasteiger partial charge in [0.15, 0.2) is 0 Å². The van der Waals surface area contributed by atoms with Crippen LogP contribution >= 0.6 is 0 Å². The van der Waals surface area contributed by atoms with E-state index in [2.05, 4.69) is 52.2 Å². The summed E-state index contributed by atoms with van der Waals surface area (Å²) in [5.41, 5.74) is 3.26. The van der Waals surface area contributed by atoms with Gasteiger partial charge in [0.25, 0.3) is 0 Å². The van der Waals surface area contributed by atoms with E-state index in [0.29, 0.717) is 6.61 Å². The summed E-state index contributed by atoms with van der Waals surface area (Å²) in [4.78, 5) is 13.8. The van der Waals surface area contributed by atoms with Crippen molar-refractivity contribution in [1.29, 1.82) is 0 Å². The summed E-state index contributed by atoms with van der Waals surface area (Å²) in [6.07, 6.45) is 36.1. The van der Waals surface area contributed by atoms with Gasteiger partial charge in [-0.1, -0.05) is 111 Å². The summed E-state index contributed by atoms with van der Waals surface area (Å²) in [5, 5.41) is 8.20. The van der Waals surface area contributed by atoms with Crippen molar-refractivity contribution < 1.29 is 19.4 Å². The lowest BCUT2D eigenvalue weighted by molar-refractivity contribution is -0.130. The molecule has 1 aromatic heterocycles. The zero-order valence-electron chi connectivity index (χ0n) is 30.1. The number of aliphatic carboxylic acids is 1. The van der Waals surface area contributed by atoms with Crippen LogP contribution in [0, 0.1) is 73.6 Å². The minimum atomic E-state index is -1.10. The molecule has 6 heteroatoms. The topological polar surface area (TPSA) is 73.6 Å². The van der Waals surface area contributed by atoms with Gasteiger partial charge in [-0.15, -0.1) is 38.0 Å². The average Bonchev–Trinajstić information content (AvgIpc) is 3.60. The van der Waals surface area contributed by atoms with Gasteiger partial charge in [0.05, 0.1) is 25.2 Å². The highest BCUT2D eigenvalue weighted by molar-refractivity contribution is 5.87. The molecule has 0 saturated carbocycles. The van der Waals surface area contributed by atoms with Crippen molar-refractivity contribution in [3.8, 4) is 79.3 Å². The number of terminal acetylenes is 5. The molecule has 0 bridgehead atoms. The Kier molecular flexibility index (Phi) is 31.8. The van der Waals surface area contributed by atoms with Gasteiger partial charge in [0.2, 0.25) is 0 Å². The smallest absolute Gasteiger partial charge is 0.382 e. The standard InChI is InChI=1S/C9H6O2.C9H8O.C9H16.C8H6.C6H6N2.C4H6O/c10-9(11)7-6-8-4-2-1-3-5-8;1-3-8-6-4-5-7-9(8)10-2;1-3-5-7-9-8-6-4-2;1-2-8-6-4-3-5-7-8;1-3-6-4-7-5-8(6)2;1-3-4-5-2/h1-5H,(H,10,11);1,4-7H,2H3;1H,4-9H2,2H3;1,3-7H;1,4-5H,2H3;1H,4H2,2H3. The first-order chi connectivity index (χ1) is 24.8. The summed E-state index contributed by atoms with van der Waals surface area (Å²) < 4.78 is 11.2. The number of nitrogens with zero attached hydrogens (tertiary/aromatic N) is 2. The average molecular weight is 681 g/mol. The molecule has 0 spiro atoms. The number of para-hydroxylation sites is 1. The molecule has 0 aliphatic heterocycles. The molecule has 3 aromatic carbocycles. The van der Waals surface area contributed by atoms with Crippen molar-refractivity contribution >= 4 is 5.97 Å². The van der Waals surface area contributed by atoms with Crippen LogP contribution < -0.4 is 4.74 Å². The molecule has 0 radical (unpaired) electrons. The largest absolute Gasteiger partial charge is 0.495 e. The Bertz CT molecular complexity index is 1750. The maximum atomic E-state index is 10.00. The number of aryl methyl sites for hydroxylation is 1. The number of aromatic nitrogens is 2. The van der Waals surface area contributed by atoms with Gasteiger partial charge in [-0.3, -0.25) is 0 Å². The number of carbonyl (C=O) groups is 1. The summed E-state index contributed by atoms with van der Waals surface area (Å²) in [7, 11) is 5.04. The minimum absolute atomic E-state index is 0.417.